The number of hydrogen-bond donors (Lipinski definition) is 2. The lowest BCUT2D eigenvalue weighted by atomic mass is 10.1. The molecular weight excluding hydrogens is 358 g/mol. The molecule has 2 rings (SSSR count). The molecule has 2 aromatic carbocycles. The van der Waals surface area contributed by atoms with Crippen LogP contribution in [0.15, 0.2) is 59.5 Å². The number of nitro benzene ring substituents is 1. The van der Waals surface area contributed by atoms with Gasteiger partial charge in [0.05, 0.1) is 21.9 Å². The summed E-state index contributed by atoms with van der Waals surface area (Å²) in [7, 11) is -3.82. The Morgan fingerprint density at radius 3 is 2.35 bits per heavy atom. The van der Waals surface area contributed by atoms with Gasteiger partial charge in [0.25, 0.3) is 5.69 Å². The molecule has 0 spiro atoms. The predicted octanol–water partition coefficient (Wildman–Crippen LogP) is 2.14. The Morgan fingerprint density at radius 2 is 1.73 bits per heavy atom. The van der Waals surface area contributed by atoms with Crippen LogP contribution < -0.4 is 10.0 Å². The van der Waals surface area contributed by atoms with Crippen molar-refractivity contribution < 1.29 is 18.1 Å². The summed E-state index contributed by atoms with van der Waals surface area (Å²) in [6, 6.07) is 12.1. The van der Waals surface area contributed by atoms with Crippen LogP contribution in [0.25, 0.3) is 0 Å². The molecule has 2 aromatic rings. The zero-order valence-electron chi connectivity index (χ0n) is 14.2. The summed E-state index contributed by atoms with van der Waals surface area (Å²) in [5, 5.41) is 13.5. The van der Waals surface area contributed by atoms with Crippen LogP contribution in [0.2, 0.25) is 0 Å². The van der Waals surface area contributed by atoms with Crippen molar-refractivity contribution in [2.45, 2.75) is 30.8 Å². The fourth-order valence-corrected chi connectivity index (χ4v) is 3.51. The van der Waals surface area contributed by atoms with Crippen LogP contribution >= 0.6 is 0 Å². The lowest BCUT2D eigenvalue weighted by Gasteiger charge is -2.19. The predicted molar refractivity (Wildman–Crippen MR) is 95.9 cm³/mol. The second-order valence-corrected chi connectivity index (χ2v) is 7.45. The van der Waals surface area contributed by atoms with Gasteiger partial charge >= 0.3 is 0 Å². The Labute approximate surface area is 151 Å². The average molecular weight is 377 g/mol. The summed E-state index contributed by atoms with van der Waals surface area (Å²) in [5.74, 6) is -0.538. The summed E-state index contributed by atoms with van der Waals surface area (Å²) >= 11 is 0. The highest BCUT2D eigenvalue weighted by Gasteiger charge is 2.23. The second kappa shape index (κ2) is 8.07. The number of benzene rings is 2. The van der Waals surface area contributed by atoms with E-state index in [1.807, 2.05) is 0 Å². The lowest BCUT2D eigenvalue weighted by Crippen LogP contribution is -2.45. The third-order valence-electron chi connectivity index (χ3n) is 3.72. The van der Waals surface area contributed by atoms with Gasteiger partial charge in [-0.05, 0) is 31.5 Å². The summed E-state index contributed by atoms with van der Waals surface area (Å²) in [6.45, 7) is 3.09. The number of rotatable bonds is 7. The maximum absolute atomic E-state index is 12.3. The van der Waals surface area contributed by atoms with E-state index in [4.69, 9.17) is 0 Å². The van der Waals surface area contributed by atoms with Gasteiger partial charge in [-0.2, -0.15) is 4.72 Å². The zero-order chi connectivity index (χ0) is 19.3. The molecule has 0 aliphatic heterocycles. The van der Waals surface area contributed by atoms with Gasteiger partial charge in [-0.3, -0.25) is 14.9 Å². The number of nitro groups is 1. The van der Waals surface area contributed by atoms with Crippen LogP contribution in [0.5, 0.6) is 0 Å². The van der Waals surface area contributed by atoms with Crippen molar-refractivity contribution in [3.05, 3.63) is 70.3 Å². The molecule has 2 N–H and O–H groups in total. The van der Waals surface area contributed by atoms with E-state index in [-0.39, 0.29) is 10.6 Å². The number of carbonyl (C=O) groups is 1. The molecule has 26 heavy (non-hydrogen) atoms. The number of hydrogen-bond acceptors (Lipinski definition) is 5. The highest BCUT2D eigenvalue weighted by atomic mass is 32.2. The topological polar surface area (TPSA) is 118 Å². The lowest BCUT2D eigenvalue weighted by molar-refractivity contribution is -0.384. The van der Waals surface area contributed by atoms with Crippen LogP contribution in [0.4, 0.5) is 5.69 Å². The molecule has 0 radical (unpaired) electrons. The molecule has 0 heterocycles. The SMILES string of the molecule is CC(NC(=O)[C@H](C)NS(=O)(=O)c1ccccc1)c1cccc([N+](=O)[O-])c1. The van der Waals surface area contributed by atoms with Crippen LogP contribution in [0.3, 0.4) is 0 Å². The van der Waals surface area contributed by atoms with Gasteiger partial charge in [-0.25, -0.2) is 8.42 Å². The number of sulfonamides is 1. The summed E-state index contributed by atoms with van der Waals surface area (Å²) in [6.07, 6.45) is 0. The van der Waals surface area contributed by atoms with Crippen molar-refractivity contribution in [2.75, 3.05) is 0 Å². The van der Waals surface area contributed by atoms with Crippen molar-refractivity contribution >= 4 is 21.6 Å². The maximum atomic E-state index is 12.3. The number of non-ortho nitro benzene ring substituents is 1. The van der Waals surface area contributed by atoms with Gasteiger partial charge in [-0.15, -0.1) is 0 Å². The van der Waals surface area contributed by atoms with Gasteiger partial charge in [0.15, 0.2) is 0 Å². The first kappa shape index (κ1) is 19.5. The Balaban J connectivity index is 2.05. The number of nitrogens with zero attached hydrogens (tertiary/aromatic N) is 1. The third-order valence-corrected chi connectivity index (χ3v) is 5.28. The van der Waals surface area contributed by atoms with Crippen molar-refractivity contribution in [2.24, 2.45) is 0 Å². The molecule has 0 aromatic heterocycles. The molecule has 0 saturated carbocycles. The molecule has 0 saturated heterocycles. The fourth-order valence-electron chi connectivity index (χ4n) is 2.28. The normalized spacial score (nSPS) is 13.6. The van der Waals surface area contributed by atoms with E-state index < -0.39 is 32.9 Å². The molecule has 0 fully saturated rings. The van der Waals surface area contributed by atoms with E-state index >= 15 is 0 Å². The summed E-state index contributed by atoms with van der Waals surface area (Å²) in [5.41, 5.74) is 0.465. The minimum atomic E-state index is -3.82. The Bertz CT molecular complexity index is 900. The van der Waals surface area contributed by atoms with E-state index in [2.05, 4.69) is 10.0 Å². The smallest absolute Gasteiger partial charge is 0.269 e. The van der Waals surface area contributed by atoms with E-state index in [0.29, 0.717) is 5.56 Å². The monoisotopic (exact) mass is 377 g/mol. The highest BCUT2D eigenvalue weighted by molar-refractivity contribution is 7.89. The van der Waals surface area contributed by atoms with Gasteiger partial charge in [0, 0.05) is 12.1 Å². The molecule has 2 atom stereocenters. The van der Waals surface area contributed by atoms with Crippen LogP contribution in [0, 0.1) is 10.1 Å². The molecule has 138 valence electrons. The van der Waals surface area contributed by atoms with E-state index in [1.165, 1.54) is 37.3 Å². The fraction of sp³-hybridized carbons (Fsp3) is 0.235. The van der Waals surface area contributed by atoms with E-state index in [1.54, 1.807) is 31.2 Å². The minimum Gasteiger partial charge on any atom is -0.348 e. The van der Waals surface area contributed by atoms with Crippen LogP contribution in [0.1, 0.15) is 25.5 Å². The largest absolute Gasteiger partial charge is 0.348 e. The van der Waals surface area contributed by atoms with Gasteiger partial charge in [-0.1, -0.05) is 30.3 Å². The summed E-state index contributed by atoms with van der Waals surface area (Å²) in [4.78, 5) is 22.7. The van der Waals surface area contributed by atoms with Crippen LogP contribution in [-0.2, 0) is 14.8 Å². The molecule has 1 amide bonds. The zero-order valence-corrected chi connectivity index (χ0v) is 15.1. The quantitative estimate of drug-likeness (QED) is 0.566. The van der Waals surface area contributed by atoms with E-state index in [9.17, 15) is 23.3 Å². The molecular formula is C17H19N3O5S. The molecule has 0 aliphatic carbocycles. The molecule has 9 heteroatoms. The number of nitrogens with one attached hydrogen (secondary N) is 2. The number of amides is 1. The molecule has 0 aliphatic rings. The first-order chi connectivity index (χ1) is 12.2. The van der Waals surface area contributed by atoms with Crippen molar-refractivity contribution in [1.82, 2.24) is 10.0 Å². The molecule has 1 unspecified atom stereocenters. The standard InChI is InChI=1S/C17H19N3O5S/c1-12(14-7-6-8-15(11-14)20(22)23)18-17(21)13(2)19-26(24,25)16-9-4-3-5-10-16/h3-13,19H,1-2H3,(H,18,21)/t12?,13-/m0/s1. The Hall–Kier alpha value is -2.78. The first-order valence-corrected chi connectivity index (χ1v) is 9.31. The van der Waals surface area contributed by atoms with Gasteiger partial charge in [0.1, 0.15) is 0 Å². The Morgan fingerprint density at radius 1 is 1.08 bits per heavy atom. The van der Waals surface area contributed by atoms with Gasteiger partial charge in [0.2, 0.25) is 15.9 Å². The first-order valence-electron chi connectivity index (χ1n) is 7.83. The van der Waals surface area contributed by atoms with Crippen molar-refractivity contribution in [3.63, 3.8) is 0 Å². The van der Waals surface area contributed by atoms with Crippen LogP contribution in [-0.4, -0.2) is 25.3 Å². The second-order valence-electron chi connectivity index (χ2n) is 5.74. The minimum absolute atomic E-state index is 0.0615. The summed E-state index contributed by atoms with van der Waals surface area (Å²) < 4.78 is 26.8. The Kier molecular flexibility index (Phi) is 6.06. The number of carbonyl (C=O) groups excluding carboxylic acids is 1. The van der Waals surface area contributed by atoms with Crippen molar-refractivity contribution in [3.8, 4) is 0 Å². The maximum Gasteiger partial charge on any atom is 0.269 e. The highest BCUT2D eigenvalue weighted by Crippen LogP contribution is 2.19. The van der Waals surface area contributed by atoms with Gasteiger partial charge < -0.3 is 5.32 Å². The van der Waals surface area contributed by atoms with Crippen molar-refractivity contribution in [1.29, 1.82) is 0 Å². The average Bonchev–Trinajstić information content (AvgIpc) is 2.62. The molecule has 0 bridgehead atoms. The molecule has 8 nitrogen and oxygen atoms in total. The third kappa shape index (κ3) is 4.87. The van der Waals surface area contributed by atoms with E-state index in [0.717, 1.165) is 0 Å².